The van der Waals surface area contributed by atoms with Gasteiger partial charge in [0.2, 0.25) is 0 Å². The highest BCUT2D eigenvalue weighted by Crippen LogP contribution is 2.42. The van der Waals surface area contributed by atoms with E-state index in [4.69, 9.17) is 18.6 Å². The van der Waals surface area contributed by atoms with Gasteiger partial charge in [0.05, 0.1) is 26.2 Å². The van der Waals surface area contributed by atoms with Gasteiger partial charge in [0.25, 0.3) is 0 Å². The van der Waals surface area contributed by atoms with Crippen molar-refractivity contribution in [2.75, 3.05) is 27.6 Å². The molecule has 2 aromatic carbocycles. The van der Waals surface area contributed by atoms with Gasteiger partial charge in [-0.3, -0.25) is 0 Å². The van der Waals surface area contributed by atoms with Crippen LogP contribution in [0.1, 0.15) is 0 Å². The van der Waals surface area contributed by atoms with Crippen molar-refractivity contribution in [1.82, 2.24) is 4.98 Å². The largest absolute Gasteiger partial charge is 0.497 e. The maximum atomic E-state index is 5.65. The Kier molecular flexibility index (Phi) is 5.19. The van der Waals surface area contributed by atoms with Crippen LogP contribution < -0.4 is 14.2 Å². The van der Waals surface area contributed by atoms with Gasteiger partial charge in [-0.15, -0.1) is 11.8 Å². The summed E-state index contributed by atoms with van der Waals surface area (Å²) >= 11 is 1.57. The fourth-order valence-electron chi connectivity index (χ4n) is 2.64. The van der Waals surface area contributed by atoms with Gasteiger partial charge in [-0.05, 0) is 30.5 Å². The average molecular weight is 357 g/mol. The molecule has 1 heterocycles. The zero-order valence-electron chi connectivity index (χ0n) is 14.5. The van der Waals surface area contributed by atoms with Gasteiger partial charge < -0.3 is 18.6 Å². The lowest BCUT2D eigenvalue weighted by atomic mass is 10.0. The lowest BCUT2D eigenvalue weighted by Gasteiger charge is -2.13. The quantitative estimate of drug-likeness (QED) is 0.593. The van der Waals surface area contributed by atoms with Gasteiger partial charge in [-0.25, -0.2) is 4.98 Å². The summed E-state index contributed by atoms with van der Waals surface area (Å²) in [4.78, 5) is 5.34. The van der Waals surface area contributed by atoms with E-state index in [1.165, 1.54) is 6.39 Å². The van der Waals surface area contributed by atoms with Crippen LogP contribution in [-0.4, -0.2) is 32.6 Å². The summed E-state index contributed by atoms with van der Waals surface area (Å²) < 4.78 is 22.0. The van der Waals surface area contributed by atoms with Crippen LogP contribution in [0.25, 0.3) is 22.6 Å². The number of oxazole rings is 1. The molecule has 0 spiro atoms. The lowest BCUT2D eigenvalue weighted by molar-refractivity contribution is 0.377. The molecule has 0 atom stereocenters. The van der Waals surface area contributed by atoms with Crippen LogP contribution in [0, 0.1) is 0 Å². The first-order chi connectivity index (χ1) is 12.2. The predicted octanol–water partition coefficient (Wildman–Crippen LogP) is 4.76. The minimum absolute atomic E-state index is 0.667. The topological polar surface area (TPSA) is 53.7 Å². The average Bonchev–Trinajstić information content (AvgIpc) is 3.16. The second kappa shape index (κ2) is 7.53. The third kappa shape index (κ3) is 3.30. The van der Waals surface area contributed by atoms with Crippen molar-refractivity contribution in [3.05, 3.63) is 42.8 Å². The molecule has 130 valence electrons. The van der Waals surface area contributed by atoms with Gasteiger partial charge in [0, 0.05) is 11.1 Å². The maximum Gasteiger partial charge on any atom is 0.182 e. The fourth-order valence-corrected chi connectivity index (χ4v) is 3.33. The Morgan fingerprint density at radius 1 is 0.920 bits per heavy atom. The highest BCUT2D eigenvalue weighted by Gasteiger charge is 2.18. The molecular weight excluding hydrogens is 338 g/mol. The summed E-state index contributed by atoms with van der Waals surface area (Å²) in [6, 6.07) is 11.6. The first kappa shape index (κ1) is 17.2. The van der Waals surface area contributed by atoms with E-state index in [1.807, 2.05) is 42.7 Å². The van der Waals surface area contributed by atoms with Crippen LogP contribution in [0.5, 0.6) is 17.2 Å². The fraction of sp³-hybridized carbons (Fsp3) is 0.211. The molecule has 0 bridgehead atoms. The van der Waals surface area contributed by atoms with E-state index in [9.17, 15) is 0 Å². The summed E-state index contributed by atoms with van der Waals surface area (Å²) in [5.41, 5.74) is 2.47. The van der Waals surface area contributed by atoms with Gasteiger partial charge in [0.15, 0.2) is 12.2 Å². The Labute approximate surface area is 150 Å². The first-order valence-corrected chi connectivity index (χ1v) is 8.82. The second-order valence-corrected chi connectivity index (χ2v) is 5.99. The Morgan fingerprint density at radius 3 is 2.24 bits per heavy atom. The molecule has 5 nitrogen and oxygen atoms in total. The van der Waals surface area contributed by atoms with Crippen LogP contribution >= 0.6 is 11.8 Å². The number of benzene rings is 2. The molecule has 0 saturated heterocycles. The van der Waals surface area contributed by atoms with Crippen molar-refractivity contribution in [1.29, 1.82) is 0 Å². The van der Waals surface area contributed by atoms with Gasteiger partial charge in [-0.1, -0.05) is 12.1 Å². The summed E-state index contributed by atoms with van der Waals surface area (Å²) in [5.74, 6) is 2.90. The number of thioether (sulfide) groups is 1. The molecule has 0 N–H and O–H groups in total. The Hall–Kier alpha value is -2.60. The Morgan fingerprint density at radius 2 is 1.64 bits per heavy atom. The summed E-state index contributed by atoms with van der Waals surface area (Å²) in [5, 5.41) is 0. The maximum absolute atomic E-state index is 5.65. The summed E-state index contributed by atoms with van der Waals surface area (Å²) in [7, 11) is 4.92. The second-order valence-electron chi connectivity index (χ2n) is 5.18. The number of hydrogen-bond acceptors (Lipinski definition) is 6. The zero-order chi connectivity index (χ0) is 17.8. The molecule has 0 saturated carbocycles. The van der Waals surface area contributed by atoms with Crippen molar-refractivity contribution < 1.29 is 18.6 Å². The smallest absolute Gasteiger partial charge is 0.182 e. The standard InChI is InChI=1S/C19H19NO4S/c1-21-14-7-5-6-12(8-14)18-17(20-11-24-18)13-9-15(22-2)19(25-4)16(10-13)23-3/h5-11H,1-4H3. The predicted molar refractivity (Wildman–Crippen MR) is 98.8 cm³/mol. The van der Waals surface area contributed by atoms with E-state index < -0.39 is 0 Å². The number of hydrogen-bond donors (Lipinski definition) is 0. The molecule has 25 heavy (non-hydrogen) atoms. The zero-order valence-corrected chi connectivity index (χ0v) is 15.3. The van der Waals surface area contributed by atoms with Crippen LogP contribution in [0.3, 0.4) is 0 Å². The molecule has 0 amide bonds. The first-order valence-electron chi connectivity index (χ1n) is 7.60. The third-order valence-electron chi connectivity index (χ3n) is 3.84. The molecule has 1 aromatic heterocycles. The lowest BCUT2D eigenvalue weighted by Crippen LogP contribution is -1.94. The van der Waals surface area contributed by atoms with E-state index in [2.05, 4.69) is 4.98 Å². The van der Waals surface area contributed by atoms with Gasteiger partial charge in [-0.2, -0.15) is 0 Å². The van der Waals surface area contributed by atoms with E-state index in [0.29, 0.717) is 5.76 Å². The molecule has 3 aromatic rings. The van der Waals surface area contributed by atoms with E-state index in [0.717, 1.165) is 39.0 Å². The molecule has 6 heteroatoms. The molecule has 0 aliphatic heterocycles. The van der Waals surface area contributed by atoms with Crippen molar-refractivity contribution >= 4 is 11.8 Å². The number of methoxy groups -OCH3 is 3. The number of ether oxygens (including phenoxy) is 3. The van der Waals surface area contributed by atoms with Crippen LogP contribution in [0.2, 0.25) is 0 Å². The molecule has 0 radical (unpaired) electrons. The van der Waals surface area contributed by atoms with Crippen molar-refractivity contribution in [3.8, 4) is 39.8 Å². The van der Waals surface area contributed by atoms with Crippen molar-refractivity contribution in [2.45, 2.75) is 4.90 Å². The van der Waals surface area contributed by atoms with Crippen LogP contribution in [-0.2, 0) is 0 Å². The minimum Gasteiger partial charge on any atom is -0.497 e. The normalized spacial score (nSPS) is 10.6. The Bertz CT molecular complexity index is 850. The van der Waals surface area contributed by atoms with Gasteiger partial charge in [0.1, 0.15) is 22.9 Å². The summed E-state index contributed by atoms with van der Waals surface area (Å²) in [6.45, 7) is 0. The molecule has 3 rings (SSSR count). The number of nitrogens with zero attached hydrogens (tertiary/aromatic N) is 1. The minimum atomic E-state index is 0.667. The SMILES string of the molecule is COc1cccc(-c2ocnc2-c2cc(OC)c(SC)c(OC)c2)c1. The third-order valence-corrected chi connectivity index (χ3v) is 4.65. The van der Waals surface area contributed by atoms with Crippen molar-refractivity contribution in [2.24, 2.45) is 0 Å². The highest BCUT2D eigenvalue weighted by molar-refractivity contribution is 7.98. The molecule has 0 aliphatic carbocycles. The molecular formula is C19H19NO4S. The number of aromatic nitrogens is 1. The van der Waals surface area contributed by atoms with E-state index in [1.54, 1.807) is 33.1 Å². The molecule has 0 unspecified atom stereocenters. The molecule has 0 aliphatic rings. The van der Waals surface area contributed by atoms with Gasteiger partial charge >= 0.3 is 0 Å². The van der Waals surface area contributed by atoms with Crippen molar-refractivity contribution in [3.63, 3.8) is 0 Å². The molecule has 0 fully saturated rings. The highest BCUT2D eigenvalue weighted by atomic mass is 32.2. The van der Waals surface area contributed by atoms with Crippen LogP contribution in [0.15, 0.2) is 52.1 Å². The van der Waals surface area contributed by atoms with E-state index in [-0.39, 0.29) is 0 Å². The Balaban J connectivity index is 2.14. The van der Waals surface area contributed by atoms with E-state index >= 15 is 0 Å². The summed E-state index contributed by atoms with van der Waals surface area (Å²) in [6.07, 6.45) is 3.42. The monoisotopic (exact) mass is 357 g/mol. The van der Waals surface area contributed by atoms with Crippen LogP contribution in [0.4, 0.5) is 0 Å². The number of rotatable bonds is 6.